The molecule has 0 fully saturated rings. The van der Waals surface area contributed by atoms with Crippen LogP contribution in [0, 0.1) is 6.92 Å². The molecule has 1 aromatic rings. The van der Waals surface area contributed by atoms with Gasteiger partial charge in [-0.2, -0.15) is 0 Å². The summed E-state index contributed by atoms with van der Waals surface area (Å²) in [6.07, 6.45) is 0. The largest absolute Gasteiger partial charge is 0.382 e. The molecule has 0 saturated heterocycles. The molecule has 1 atom stereocenters. The van der Waals surface area contributed by atoms with E-state index >= 15 is 0 Å². The lowest BCUT2D eigenvalue weighted by Gasteiger charge is -2.13. The molecule has 92 valence electrons. The highest BCUT2D eigenvalue weighted by Gasteiger charge is 2.08. The smallest absolute Gasteiger partial charge is 0.0700 e. The molecule has 1 unspecified atom stereocenters. The number of aryl methyl sites for hydroxylation is 1. The van der Waals surface area contributed by atoms with Gasteiger partial charge in [-0.15, -0.1) is 11.3 Å². The second-order valence-electron chi connectivity index (χ2n) is 3.75. The van der Waals surface area contributed by atoms with Crippen LogP contribution in [0.4, 0.5) is 0 Å². The van der Waals surface area contributed by atoms with Crippen molar-refractivity contribution in [2.45, 2.75) is 19.9 Å². The van der Waals surface area contributed by atoms with Crippen molar-refractivity contribution in [3.05, 3.63) is 21.9 Å². The summed E-state index contributed by atoms with van der Waals surface area (Å²) in [7, 11) is 1.68. The minimum absolute atomic E-state index is 0.408. The number of hydrogen-bond donors (Lipinski definition) is 1. The van der Waals surface area contributed by atoms with E-state index in [1.54, 1.807) is 18.4 Å². The van der Waals surface area contributed by atoms with Gasteiger partial charge in [0.25, 0.3) is 0 Å². The molecule has 0 aromatic carbocycles. The van der Waals surface area contributed by atoms with E-state index in [4.69, 9.17) is 9.47 Å². The number of thiophene rings is 1. The van der Waals surface area contributed by atoms with Crippen LogP contribution in [0.3, 0.4) is 0 Å². The van der Waals surface area contributed by atoms with Crippen molar-refractivity contribution in [2.24, 2.45) is 0 Å². The molecule has 0 radical (unpaired) electrons. The molecule has 1 aromatic heterocycles. The van der Waals surface area contributed by atoms with Gasteiger partial charge in [-0.3, -0.25) is 0 Å². The molecule has 0 aliphatic carbocycles. The van der Waals surface area contributed by atoms with Gasteiger partial charge in [-0.25, -0.2) is 0 Å². The Kier molecular flexibility index (Phi) is 6.64. The van der Waals surface area contributed by atoms with E-state index in [9.17, 15) is 0 Å². The first-order chi connectivity index (χ1) is 7.75. The average molecular weight is 243 g/mol. The Balaban J connectivity index is 2.11. The fourth-order valence-corrected chi connectivity index (χ4v) is 2.47. The van der Waals surface area contributed by atoms with E-state index in [2.05, 4.69) is 30.6 Å². The van der Waals surface area contributed by atoms with Crippen molar-refractivity contribution in [1.82, 2.24) is 5.32 Å². The molecule has 1 N–H and O–H groups in total. The van der Waals surface area contributed by atoms with E-state index in [0.29, 0.717) is 19.3 Å². The molecular weight excluding hydrogens is 222 g/mol. The molecule has 0 aliphatic heterocycles. The number of nitrogens with one attached hydrogen (secondary N) is 1. The zero-order chi connectivity index (χ0) is 11.8. The molecule has 3 nitrogen and oxygen atoms in total. The summed E-state index contributed by atoms with van der Waals surface area (Å²) < 4.78 is 10.3. The highest BCUT2D eigenvalue weighted by atomic mass is 32.1. The fourth-order valence-electron chi connectivity index (χ4n) is 1.51. The van der Waals surface area contributed by atoms with E-state index in [1.165, 1.54) is 10.4 Å². The van der Waals surface area contributed by atoms with Crippen LogP contribution in [0.5, 0.6) is 0 Å². The molecule has 0 spiro atoms. The molecule has 1 rings (SSSR count). The van der Waals surface area contributed by atoms with E-state index < -0.39 is 0 Å². The normalized spacial score (nSPS) is 12.9. The minimum Gasteiger partial charge on any atom is -0.382 e. The topological polar surface area (TPSA) is 30.5 Å². The average Bonchev–Trinajstić information content (AvgIpc) is 2.69. The Labute approximate surface area is 102 Å². The Bertz CT molecular complexity index is 288. The van der Waals surface area contributed by atoms with Gasteiger partial charge >= 0.3 is 0 Å². The summed E-state index contributed by atoms with van der Waals surface area (Å²) in [6, 6.07) is 2.57. The predicted molar refractivity (Wildman–Crippen MR) is 68.2 cm³/mol. The van der Waals surface area contributed by atoms with Crippen molar-refractivity contribution in [1.29, 1.82) is 0 Å². The van der Waals surface area contributed by atoms with Crippen LogP contribution in [0.25, 0.3) is 0 Å². The first kappa shape index (κ1) is 13.6. The van der Waals surface area contributed by atoms with Crippen LogP contribution < -0.4 is 5.32 Å². The van der Waals surface area contributed by atoms with Crippen LogP contribution in [0.15, 0.2) is 11.4 Å². The van der Waals surface area contributed by atoms with Crippen molar-refractivity contribution in [3.8, 4) is 0 Å². The Morgan fingerprint density at radius 1 is 1.38 bits per heavy atom. The van der Waals surface area contributed by atoms with Gasteiger partial charge in [0.15, 0.2) is 0 Å². The SMILES string of the molecule is COCCOCCNC(C)c1sccc1C. The monoisotopic (exact) mass is 243 g/mol. The standard InChI is InChI=1S/C12H21NO2S/c1-10-4-9-16-12(10)11(2)13-5-6-15-8-7-14-3/h4,9,11,13H,5-8H2,1-3H3. The number of ether oxygens (including phenoxy) is 2. The van der Waals surface area contributed by atoms with Gasteiger partial charge in [-0.05, 0) is 30.9 Å². The second kappa shape index (κ2) is 7.79. The third kappa shape index (κ3) is 4.61. The lowest BCUT2D eigenvalue weighted by Crippen LogP contribution is -2.23. The van der Waals surface area contributed by atoms with Gasteiger partial charge in [-0.1, -0.05) is 0 Å². The van der Waals surface area contributed by atoms with Gasteiger partial charge in [0.2, 0.25) is 0 Å². The zero-order valence-electron chi connectivity index (χ0n) is 10.3. The first-order valence-corrected chi connectivity index (χ1v) is 6.47. The van der Waals surface area contributed by atoms with Crippen LogP contribution >= 0.6 is 11.3 Å². The second-order valence-corrected chi connectivity index (χ2v) is 4.70. The van der Waals surface area contributed by atoms with Gasteiger partial charge < -0.3 is 14.8 Å². The van der Waals surface area contributed by atoms with Crippen molar-refractivity contribution >= 4 is 11.3 Å². The number of rotatable bonds is 8. The van der Waals surface area contributed by atoms with Crippen molar-refractivity contribution in [3.63, 3.8) is 0 Å². The summed E-state index contributed by atoms with van der Waals surface area (Å²) in [6.45, 7) is 7.29. The van der Waals surface area contributed by atoms with Gasteiger partial charge in [0, 0.05) is 24.6 Å². The Morgan fingerprint density at radius 3 is 2.81 bits per heavy atom. The number of methoxy groups -OCH3 is 1. The third-order valence-corrected chi connectivity index (χ3v) is 3.63. The van der Waals surface area contributed by atoms with Crippen LogP contribution in [0.2, 0.25) is 0 Å². The summed E-state index contributed by atoms with van der Waals surface area (Å²) >= 11 is 1.81. The Morgan fingerprint density at radius 2 is 2.19 bits per heavy atom. The highest BCUT2D eigenvalue weighted by Crippen LogP contribution is 2.22. The molecule has 16 heavy (non-hydrogen) atoms. The molecule has 1 heterocycles. The maximum atomic E-state index is 5.39. The van der Waals surface area contributed by atoms with Gasteiger partial charge in [0.05, 0.1) is 19.8 Å². The lowest BCUT2D eigenvalue weighted by atomic mass is 10.2. The molecule has 4 heteroatoms. The highest BCUT2D eigenvalue weighted by molar-refractivity contribution is 7.10. The molecular formula is C12H21NO2S. The van der Waals surface area contributed by atoms with E-state index in [0.717, 1.165) is 13.2 Å². The van der Waals surface area contributed by atoms with E-state index in [-0.39, 0.29) is 0 Å². The van der Waals surface area contributed by atoms with Crippen LogP contribution in [-0.4, -0.2) is 33.5 Å². The minimum atomic E-state index is 0.408. The van der Waals surface area contributed by atoms with Crippen molar-refractivity contribution in [2.75, 3.05) is 33.5 Å². The maximum Gasteiger partial charge on any atom is 0.0700 e. The molecule has 0 bridgehead atoms. The molecule has 0 amide bonds. The molecule has 0 aliphatic rings. The summed E-state index contributed by atoms with van der Waals surface area (Å²) in [5.74, 6) is 0. The quantitative estimate of drug-likeness (QED) is 0.711. The van der Waals surface area contributed by atoms with E-state index in [1.807, 2.05) is 0 Å². The summed E-state index contributed by atoms with van der Waals surface area (Å²) in [4.78, 5) is 1.41. The third-order valence-electron chi connectivity index (χ3n) is 2.42. The first-order valence-electron chi connectivity index (χ1n) is 5.59. The Hall–Kier alpha value is -0.420. The predicted octanol–water partition coefficient (Wildman–Crippen LogP) is 2.37. The fraction of sp³-hybridized carbons (Fsp3) is 0.667. The van der Waals surface area contributed by atoms with Crippen LogP contribution in [0.1, 0.15) is 23.4 Å². The summed E-state index contributed by atoms with van der Waals surface area (Å²) in [5, 5.41) is 5.58. The van der Waals surface area contributed by atoms with Crippen molar-refractivity contribution < 1.29 is 9.47 Å². The maximum absolute atomic E-state index is 5.39. The van der Waals surface area contributed by atoms with Gasteiger partial charge in [0.1, 0.15) is 0 Å². The summed E-state index contributed by atoms with van der Waals surface area (Å²) in [5.41, 5.74) is 1.37. The zero-order valence-corrected chi connectivity index (χ0v) is 11.1. The lowest BCUT2D eigenvalue weighted by molar-refractivity contribution is 0.0712. The van der Waals surface area contributed by atoms with Crippen LogP contribution in [-0.2, 0) is 9.47 Å². The number of hydrogen-bond acceptors (Lipinski definition) is 4. The molecule has 0 saturated carbocycles.